The summed E-state index contributed by atoms with van der Waals surface area (Å²) in [5.74, 6) is 0. The zero-order valence-electron chi connectivity index (χ0n) is 7.54. The van der Waals surface area contributed by atoms with E-state index in [-0.39, 0.29) is 0 Å². The highest BCUT2D eigenvalue weighted by Gasteiger charge is 2.06. The van der Waals surface area contributed by atoms with Crippen LogP contribution in [-0.2, 0) is 7.05 Å². The van der Waals surface area contributed by atoms with Crippen LogP contribution in [0.15, 0.2) is 35.1 Å². The van der Waals surface area contributed by atoms with Crippen molar-refractivity contribution in [1.29, 1.82) is 0 Å². The number of nitrogens with zero attached hydrogens (tertiary/aromatic N) is 2. The summed E-state index contributed by atoms with van der Waals surface area (Å²) in [5, 5.41) is 4.90. The summed E-state index contributed by atoms with van der Waals surface area (Å²) in [5.41, 5.74) is 2.18. The molecule has 2 aromatic rings. The van der Waals surface area contributed by atoms with Crippen LogP contribution in [0.1, 0.15) is 0 Å². The van der Waals surface area contributed by atoms with Crippen LogP contribution >= 0.6 is 27.5 Å². The van der Waals surface area contributed by atoms with E-state index in [9.17, 15) is 0 Å². The summed E-state index contributed by atoms with van der Waals surface area (Å²) in [6.45, 7) is 0. The van der Waals surface area contributed by atoms with Crippen molar-refractivity contribution >= 4 is 27.5 Å². The van der Waals surface area contributed by atoms with Crippen molar-refractivity contribution in [1.82, 2.24) is 9.78 Å². The first-order valence-electron chi connectivity index (χ1n) is 4.12. The van der Waals surface area contributed by atoms with Crippen molar-refractivity contribution in [2.45, 2.75) is 0 Å². The SMILES string of the molecule is Cn1ncc(-c2ccc(Cl)cc2)c1Br. The van der Waals surface area contributed by atoms with Crippen LogP contribution in [0.2, 0.25) is 5.02 Å². The lowest BCUT2D eigenvalue weighted by Gasteiger charge is -1.99. The van der Waals surface area contributed by atoms with Crippen molar-refractivity contribution in [2.24, 2.45) is 7.05 Å². The molecule has 2 nitrogen and oxygen atoms in total. The molecule has 2 rings (SSSR count). The van der Waals surface area contributed by atoms with Gasteiger partial charge in [-0.25, -0.2) is 0 Å². The van der Waals surface area contributed by atoms with Crippen LogP contribution in [0.3, 0.4) is 0 Å². The van der Waals surface area contributed by atoms with Crippen LogP contribution in [0.25, 0.3) is 11.1 Å². The topological polar surface area (TPSA) is 17.8 Å². The highest BCUT2D eigenvalue weighted by atomic mass is 79.9. The summed E-state index contributed by atoms with van der Waals surface area (Å²) in [4.78, 5) is 0. The van der Waals surface area contributed by atoms with Crippen molar-refractivity contribution in [3.05, 3.63) is 40.1 Å². The van der Waals surface area contributed by atoms with Crippen LogP contribution in [0, 0.1) is 0 Å². The summed E-state index contributed by atoms with van der Waals surface area (Å²) < 4.78 is 2.75. The van der Waals surface area contributed by atoms with Gasteiger partial charge in [0, 0.05) is 17.6 Å². The molecule has 0 unspecified atom stereocenters. The standard InChI is InChI=1S/C10H8BrClN2/c1-14-10(11)9(6-13-14)7-2-4-8(12)5-3-7/h2-6H,1H3. The maximum Gasteiger partial charge on any atom is 0.111 e. The Kier molecular flexibility index (Phi) is 2.61. The van der Waals surface area contributed by atoms with Gasteiger partial charge < -0.3 is 0 Å². The number of halogens is 2. The molecule has 1 aromatic carbocycles. The first-order chi connectivity index (χ1) is 6.68. The van der Waals surface area contributed by atoms with E-state index in [1.54, 1.807) is 4.68 Å². The first-order valence-corrected chi connectivity index (χ1v) is 5.29. The predicted molar refractivity (Wildman–Crippen MR) is 61.4 cm³/mol. The molecule has 0 fully saturated rings. The van der Waals surface area contributed by atoms with E-state index >= 15 is 0 Å². The van der Waals surface area contributed by atoms with Gasteiger partial charge in [-0.05, 0) is 33.6 Å². The largest absolute Gasteiger partial charge is 0.261 e. The van der Waals surface area contributed by atoms with Crippen molar-refractivity contribution in [2.75, 3.05) is 0 Å². The third-order valence-corrected chi connectivity index (χ3v) is 3.21. The van der Waals surface area contributed by atoms with Crippen LogP contribution in [0.4, 0.5) is 0 Å². The molecule has 0 amide bonds. The second kappa shape index (κ2) is 3.75. The highest BCUT2D eigenvalue weighted by Crippen LogP contribution is 2.28. The maximum atomic E-state index is 5.81. The number of aryl methyl sites for hydroxylation is 1. The lowest BCUT2D eigenvalue weighted by molar-refractivity contribution is 0.750. The van der Waals surface area contributed by atoms with Crippen LogP contribution < -0.4 is 0 Å². The summed E-state index contributed by atoms with van der Waals surface area (Å²) in [6, 6.07) is 7.70. The fourth-order valence-corrected chi connectivity index (χ4v) is 1.79. The van der Waals surface area contributed by atoms with Gasteiger partial charge in [-0.3, -0.25) is 4.68 Å². The lowest BCUT2D eigenvalue weighted by Crippen LogP contribution is -1.88. The molecule has 0 bridgehead atoms. The van der Waals surface area contributed by atoms with Gasteiger partial charge in [0.25, 0.3) is 0 Å². The molecule has 1 heterocycles. The fraction of sp³-hybridized carbons (Fsp3) is 0.100. The molecule has 0 aliphatic heterocycles. The van der Waals surface area contributed by atoms with Crippen molar-refractivity contribution in [3.63, 3.8) is 0 Å². The Morgan fingerprint density at radius 2 is 1.93 bits per heavy atom. The Balaban J connectivity index is 2.49. The van der Waals surface area contributed by atoms with Gasteiger partial charge in [0.05, 0.1) is 6.20 Å². The quantitative estimate of drug-likeness (QED) is 0.776. The smallest absolute Gasteiger partial charge is 0.111 e. The zero-order chi connectivity index (χ0) is 10.1. The Bertz CT molecular complexity index is 448. The van der Waals surface area contributed by atoms with Gasteiger partial charge in [0.1, 0.15) is 4.60 Å². The van der Waals surface area contributed by atoms with Crippen LogP contribution in [-0.4, -0.2) is 9.78 Å². The van der Waals surface area contributed by atoms with E-state index < -0.39 is 0 Å². The fourth-order valence-electron chi connectivity index (χ4n) is 1.25. The van der Waals surface area contributed by atoms with Crippen molar-refractivity contribution < 1.29 is 0 Å². The molecule has 0 aliphatic rings. The molecule has 0 radical (unpaired) electrons. The Morgan fingerprint density at radius 3 is 2.43 bits per heavy atom. The number of hydrogen-bond acceptors (Lipinski definition) is 1. The van der Waals surface area contributed by atoms with Gasteiger partial charge in [-0.15, -0.1) is 0 Å². The van der Waals surface area contributed by atoms with Gasteiger partial charge in [0.2, 0.25) is 0 Å². The Labute approximate surface area is 95.6 Å². The third kappa shape index (κ3) is 1.70. The summed E-state index contributed by atoms with van der Waals surface area (Å²) in [6.07, 6.45) is 1.83. The Hall–Kier alpha value is -0.800. The normalized spacial score (nSPS) is 10.5. The minimum absolute atomic E-state index is 0.744. The second-order valence-corrected chi connectivity index (χ2v) is 4.17. The van der Waals surface area contributed by atoms with Crippen LogP contribution in [0.5, 0.6) is 0 Å². The number of aromatic nitrogens is 2. The van der Waals surface area contributed by atoms with E-state index in [1.165, 1.54) is 0 Å². The van der Waals surface area contributed by atoms with Gasteiger partial charge >= 0.3 is 0 Å². The molecule has 0 spiro atoms. The molecule has 1 aromatic heterocycles. The molecule has 0 saturated heterocycles. The molecular weight excluding hydrogens is 263 g/mol. The number of rotatable bonds is 1. The van der Waals surface area contributed by atoms with Crippen molar-refractivity contribution in [3.8, 4) is 11.1 Å². The summed E-state index contributed by atoms with van der Waals surface area (Å²) >= 11 is 9.28. The van der Waals surface area contributed by atoms with E-state index in [0.29, 0.717) is 0 Å². The number of benzene rings is 1. The molecule has 0 atom stereocenters. The zero-order valence-corrected chi connectivity index (χ0v) is 9.88. The minimum atomic E-state index is 0.744. The second-order valence-electron chi connectivity index (χ2n) is 2.98. The third-order valence-electron chi connectivity index (χ3n) is 2.02. The van der Waals surface area contributed by atoms with E-state index in [0.717, 1.165) is 20.8 Å². The lowest BCUT2D eigenvalue weighted by atomic mass is 10.1. The van der Waals surface area contributed by atoms with Gasteiger partial charge in [-0.1, -0.05) is 23.7 Å². The molecule has 0 saturated carbocycles. The predicted octanol–water partition coefficient (Wildman–Crippen LogP) is 3.50. The molecule has 4 heteroatoms. The van der Waals surface area contributed by atoms with Gasteiger partial charge in [-0.2, -0.15) is 5.10 Å². The van der Waals surface area contributed by atoms with Gasteiger partial charge in [0.15, 0.2) is 0 Å². The minimum Gasteiger partial charge on any atom is -0.261 e. The average molecular weight is 272 g/mol. The molecule has 0 aliphatic carbocycles. The highest BCUT2D eigenvalue weighted by molar-refractivity contribution is 9.10. The molecule has 0 N–H and O–H groups in total. The van der Waals surface area contributed by atoms with E-state index in [4.69, 9.17) is 11.6 Å². The first kappa shape index (κ1) is 9.74. The monoisotopic (exact) mass is 270 g/mol. The summed E-state index contributed by atoms with van der Waals surface area (Å²) in [7, 11) is 1.89. The Morgan fingerprint density at radius 1 is 1.29 bits per heavy atom. The average Bonchev–Trinajstić information content (AvgIpc) is 2.50. The van der Waals surface area contributed by atoms with E-state index in [2.05, 4.69) is 21.0 Å². The number of hydrogen-bond donors (Lipinski definition) is 0. The molecule has 14 heavy (non-hydrogen) atoms. The molecule has 72 valence electrons. The maximum absolute atomic E-state index is 5.81. The van der Waals surface area contributed by atoms with E-state index in [1.807, 2.05) is 37.5 Å². The molecular formula is C10H8BrClN2.